The second-order valence-corrected chi connectivity index (χ2v) is 12.5. The number of pyridine rings is 2. The Kier molecular flexibility index (Phi) is 7.89. The highest BCUT2D eigenvalue weighted by atomic mass is 32.1. The second kappa shape index (κ2) is 11.0. The Morgan fingerprint density at radius 2 is 1.77 bits per heavy atom. The molecule has 3 fully saturated rings. The number of amides is 2. The smallest absolute Gasteiger partial charge is 0.486 e. The molecule has 3 unspecified atom stereocenters. The first-order valence-electron chi connectivity index (χ1n) is 13.4. The number of halogens is 6. The summed E-state index contributed by atoms with van der Waals surface area (Å²) < 4.78 is 79.7. The van der Waals surface area contributed by atoms with Crippen LogP contribution in [0.1, 0.15) is 36.5 Å². The summed E-state index contributed by atoms with van der Waals surface area (Å²) in [6.07, 6.45) is -7.59. The van der Waals surface area contributed by atoms with Crippen LogP contribution in [0, 0.1) is 24.2 Å². The van der Waals surface area contributed by atoms with E-state index in [1.54, 1.807) is 18.3 Å². The molecular weight excluding hydrogens is 618 g/mol. The molecule has 0 aromatic carbocycles. The normalized spacial score (nSPS) is 22.6. The number of carbonyl (C=O) groups excluding carboxylic acids is 2. The van der Waals surface area contributed by atoms with E-state index in [4.69, 9.17) is 14.6 Å². The Hall–Kier alpha value is -3.79. The Bertz CT molecular complexity index is 1620. The van der Waals surface area contributed by atoms with E-state index in [0.29, 0.717) is 33.6 Å². The molecule has 2 saturated heterocycles. The topological polar surface area (TPSA) is 122 Å². The quantitative estimate of drug-likeness (QED) is 0.287. The van der Waals surface area contributed by atoms with Crippen LogP contribution in [0.2, 0.25) is 0 Å². The summed E-state index contributed by atoms with van der Waals surface area (Å²) in [6.45, 7) is 6.88. The number of piperidine rings is 1. The molecule has 3 aromatic rings. The number of aryl methyl sites for hydroxylation is 1. The second-order valence-electron chi connectivity index (χ2n) is 11.3. The number of nitrogens with one attached hydrogen (secondary N) is 1. The number of ether oxygens (including phenoxy) is 1. The van der Waals surface area contributed by atoms with E-state index in [1.807, 2.05) is 13.8 Å². The maximum Gasteiger partial charge on any atom is 0.490 e. The molecule has 236 valence electrons. The van der Waals surface area contributed by atoms with Gasteiger partial charge in [-0.1, -0.05) is 13.8 Å². The molecule has 0 bridgehead atoms. The molecule has 1 aliphatic carbocycles. The van der Waals surface area contributed by atoms with Crippen molar-refractivity contribution in [3.8, 4) is 16.9 Å². The molecule has 9 nitrogen and oxygen atoms in total. The van der Waals surface area contributed by atoms with Crippen LogP contribution in [0.3, 0.4) is 0 Å². The van der Waals surface area contributed by atoms with Crippen molar-refractivity contribution in [2.45, 2.75) is 52.2 Å². The number of nitrogens with zero attached hydrogens (tertiary/aromatic N) is 3. The molecule has 2 amide bonds. The van der Waals surface area contributed by atoms with Gasteiger partial charge in [-0.15, -0.1) is 11.3 Å². The monoisotopic (exact) mass is 644 g/mol. The number of hydrogen-bond acceptors (Lipinski definition) is 8. The van der Waals surface area contributed by atoms with Crippen molar-refractivity contribution in [3.05, 3.63) is 40.7 Å². The lowest BCUT2D eigenvalue weighted by molar-refractivity contribution is -0.192. The fourth-order valence-electron chi connectivity index (χ4n) is 5.64. The fraction of sp³-hybridized carbons (Fsp3) is 0.464. The van der Waals surface area contributed by atoms with Crippen LogP contribution in [0.5, 0.6) is 5.75 Å². The van der Waals surface area contributed by atoms with Gasteiger partial charge >= 0.3 is 18.3 Å². The standard InChI is InChI=1S/C26H25F3N4O3S.C2HF3O2/c1-12-21(36-13-4-6-30-10-13)16(9-18(32-12)26(27,28)29)15-5-7-31-17-8-14(37-22(15)17)11-33-23(34)19-20(24(33)35)25(19,2)3;3-2(4,5)1(6)7/h5,7-9,13,19-20,30H,4,6,10-11H2,1-3H3;(H,6,7). The number of hydrogen-bond donors (Lipinski definition) is 2. The third kappa shape index (κ3) is 5.84. The summed E-state index contributed by atoms with van der Waals surface area (Å²) in [5.74, 6) is -3.30. The van der Waals surface area contributed by atoms with Crippen LogP contribution in [-0.4, -0.2) is 63.1 Å². The zero-order chi connectivity index (χ0) is 32.4. The first kappa shape index (κ1) is 31.6. The number of fused-ring (bicyclic) bond motifs is 2. The van der Waals surface area contributed by atoms with E-state index >= 15 is 0 Å². The van der Waals surface area contributed by atoms with Crippen molar-refractivity contribution in [2.24, 2.45) is 17.3 Å². The van der Waals surface area contributed by atoms with Crippen molar-refractivity contribution in [3.63, 3.8) is 0 Å². The van der Waals surface area contributed by atoms with E-state index in [1.165, 1.54) is 23.2 Å². The van der Waals surface area contributed by atoms with Crippen LogP contribution in [0.15, 0.2) is 24.4 Å². The van der Waals surface area contributed by atoms with Gasteiger partial charge in [0.15, 0.2) is 0 Å². The van der Waals surface area contributed by atoms with Gasteiger partial charge in [0.25, 0.3) is 0 Å². The molecule has 0 radical (unpaired) electrons. The number of carbonyl (C=O) groups is 3. The van der Waals surface area contributed by atoms with Gasteiger partial charge in [-0.3, -0.25) is 19.5 Å². The molecular formula is C28H26F6N4O5S. The van der Waals surface area contributed by atoms with Crippen molar-refractivity contribution in [1.82, 2.24) is 20.2 Å². The Balaban J connectivity index is 0.000000493. The van der Waals surface area contributed by atoms with Gasteiger partial charge in [0.05, 0.1) is 34.3 Å². The lowest BCUT2D eigenvalue weighted by Crippen LogP contribution is -2.35. The molecule has 5 heterocycles. The van der Waals surface area contributed by atoms with Crippen LogP contribution in [-0.2, 0) is 27.1 Å². The number of aliphatic carboxylic acids is 1. The average Bonchev–Trinajstić information content (AvgIpc) is 3.36. The van der Waals surface area contributed by atoms with Gasteiger partial charge in [-0.05, 0) is 43.5 Å². The number of carboxylic acids is 1. The molecule has 6 rings (SSSR count). The van der Waals surface area contributed by atoms with Crippen LogP contribution in [0.25, 0.3) is 21.3 Å². The van der Waals surface area contributed by atoms with E-state index in [9.17, 15) is 35.9 Å². The summed E-state index contributed by atoms with van der Waals surface area (Å²) in [5.41, 5.74) is 0.297. The minimum absolute atomic E-state index is 0.126. The van der Waals surface area contributed by atoms with Gasteiger partial charge in [0.1, 0.15) is 17.5 Å². The predicted molar refractivity (Wildman–Crippen MR) is 145 cm³/mol. The molecule has 16 heteroatoms. The van der Waals surface area contributed by atoms with Gasteiger partial charge in [0.2, 0.25) is 11.8 Å². The van der Waals surface area contributed by atoms with Gasteiger partial charge in [0, 0.05) is 28.7 Å². The van der Waals surface area contributed by atoms with E-state index < -0.39 is 24.0 Å². The molecule has 44 heavy (non-hydrogen) atoms. The number of carboxylic acid groups (broad SMARTS) is 1. The van der Waals surface area contributed by atoms with Crippen molar-refractivity contribution >= 4 is 39.3 Å². The first-order chi connectivity index (χ1) is 20.4. The lowest BCUT2D eigenvalue weighted by Gasteiger charge is -2.20. The average molecular weight is 645 g/mol. The van der Waals surface area contributed by atoms with Crippen LogP contribution >= 0.6 is 11.3 Å². The van der Waals surface area contributed by atoms with Gasteiger partial charge < -0.3 is 15.2 Å². The van der Waals surface area contributed by atoms with Crippen LogP contribution < -0.4 is 10.1 Å². The minimum atomic E-state index is -5.08. The summed E-state index contributed by atoms with van der Waals surface area (Å²) in [5, 5.41) is 10.3. The SMILES string of the molecule is Cc1nc(C(F)(F)F)cc(-c2ccnc3cc(CN4C(=O)C5C(C4=O)C5(C)C)sc23)c1OC1CCNC1.O=C(O)C(F)(F)F. The summed E-state index contributed by atoms with van der Waals surface area (Å²) in [7, 11) is 0. The number of aromatic nitrogens is 2. The highest BCUT2D eigenvalue weighted by Crippen LogP contribution is 2.63. The maximum atomic E-state index is 13.7. The van der Waals surface area contributed by atoms with Crippen LogP contribution in [0.4, 0.5) is 26.3 Å². The molecule has 3 atom stereocenters. The predicted octanol–water partition coefficient (Wildman–Crippen LogP) is 5.20. The fourth-order valence-corrected chi connectivity index (χ4v) is 6.77. The maximum absolute atomic E-state index is 13.7. The highest BCUT2D eigenvalue weighted by Gasteiger charge is 2.72. The van der Waals surface area contributed by atoms with E-state index in [0.717, 1.165) is 23.9 Å². The molecule has 3 aliphatic rings. The zero-order valence-corrected chi connectivity index (χ0v) is 24.3. The number of imide groups is 1. The van der Waals surface area contributed by atoms with E-state index in [-0.39, 0.29) is 47.4 Å². The number of thiophene rings is 1. The summed E-state index contributed by atoms with van der Waals surface area (Å²) in [4.78, 5) is 44.8. The van der Waals surface area contributed by atoms with Crippen molar-refractivity contribution in [1.29, 1.82) is 0 Å². The van der Waals surface area contributed by atoms with Gasteiger partial charge in [-0.2, -0.15) is 26.3 Å². The number of alkyl halides is 6. The van der Waals surface area contributed by atoms with Crippen molar-refractivity contribution < 1.29 is 50.6 Å². The Morgan fingerprint density at radius 3 is 2.32 bits per heavy atom. The highest BCUT2D eigenvalue weighted by molar-refractivity contribution is 7.19. The van der Waals surface area contributed by atoms with Crippen molar-refractivity contribution in [2.75, 3.05) is 13.1 Å². The van der Waals surface area contributed by atoms with E-state index in [2.05, 4.69) is 15.3 Å². The lowest BCUT2D eigenvalue weighted by atomic mass is 10.0. The third-order valence-corrected chi connectivity index (χ3v) is 9.08. The Morgan fingerprint density at radius 1 is 1.14 bits per heavy atom. The summed E-state index contributed by atoms with van der Waals surface area (Å²) in [6, 6.07) is 4.49. The zero-order valence-electron chi connectivity index (χ0n) is 23.5. The molecule has 1 saturated carbocycles. The number of likely N-dealkylation sites (tertiary alicyclic amines) is 1. The number of rotatable bonds is 5. The molecule has 0 spiro atoms. The van der Waals surface area contributed by atoms with Gasteiger partial charge in [-0.25, -0.2) is 9.78 Å². The Labute approximate surface area is 250 Å². The molecule has 2 N–H and O–H groups in total. The largest absolute Gasteiger partial charge is 0.490 e. The first-order valence-corrected chi connectivity index (χ1v) is 14.2. The minimum Gasteiger partial charge on any atom is -0.486 e. The summed E-state index contributed by atoms with van der Waals surface area (Å²) >= 11 is 1.32. The third-order valence-electron chi connectivity index (χ3n) is 7.93. The molecule has 3 aromatic heterocycles. The molecule has 2 aliphatic heterocycles.